The van der Waals surface area contributed by atoms with E-state index < -0.39 is 20.7 Å². The first-order valence-electron chi connectivity index (χ1n) is 6.46. The highest BCUT2D eigenvalue weighted by molar-refractivity contribution is 7.89. The third kappa shape index (κ3) is 5.26. The van der Waals surface area contributed by atoms with E-state index in [1.807, 2.05) is 0 Å². The molecule has 1 aromatic rings. The van der Waals surface area contributed by atoms with Gasteiger partial charge in [0.2, 0.25) is 15.9 Å². The van der Waals surface area contributed by atoms with E-state index >= 15 is 0 Å². The van der Waals surface area contributed by atoms with E-state index in [9.17, 15) is 17.6 Å². The predicted octanol–water partition coefficient (Wildman–Crippen LogP) is 2.38. The summed E-state index contributed by atoms with van der Waals surface area (Å²) < 4.78 is 35.6. The van der Waals surface area contributed by atoms with Crippen molar-refractivity contribution < 1.29 is 17.6 Å². The first-order chi connectivity index (χ1) is 9.34. The predicted molar refractivity (Wildman–Crippen MR) is 75.2 cm³/mol. The van der Waals surface area contributed by atoms with Gasteiger partial charge in [0.25, 0.3) is 0 Å². The monoisotopic (exact) mass is 302 g/mol. The number of hydrogen-bond donors (Lipinski definition) is 2. The highest BCUT2D eigenvalue weighted by Gasteiger charge is 2.15. The summed E-state index contributed by atoms with van der Waals surface area (Å²) in [5.41, 5.74) is 0.218. The second-order valence-corrected chi connectivity index (χ2v) is 6.08. The normalized spacial score (nSPS) is 11.3. The van der Waals surface area contributed by atoms with Crippen molar-refractivity contribution >= 4 is 21.6 Å². The van der Waals surface area contributed by atoms with Crippen LogP contribution in [0.3, 0.4) is 0 Å². The van der Waals surface area contributed by atoms with Crippen molar-refractivity contribution in [1.82, 2.24) is 0 Å². The van der Waals surface area contributed by atoms with Crippen LogP contribution < -0.4 is 10.5 Å². The van der Waals surface area contributed by atoms with Gasteiger partial charge < -0.3 is 5.32 Å². The lowest BCUT2D eigenvalue weighted by molar-refractivity contribution is -0.116. The molecule has 0 fully saturated rings. The number of carbonyl (C=O) groups is 1. The minimum Gasteiger partial charge on any atom is -0.326 e. The summed E-state index contributed by atoms with van der Waals surface area (Å²) in [7, 11) is -4.09. The van der Waals surface area contributed by atoms with Crippen LogP contribution in [0.2, 0.25) is 0 Å². The van der Waals surface area contributed by atoms with Gasteiger partial charge in [-0.25, -0.2) is 17.9 Å². The van der Waals surface area contributed by atoms with Gasteiger partial charge in [0.05, 0.1) is 0 Å². The van der Waals surface area contributed by atoms with Gasteiger partial charge in [-0.1, -0.05) is 26.2 Å². The minimum atomic E-state index is -4.09. The minimum absolute atomic E-state index is 0.218. The van der Waals surface area contributed by atoms with E-state index in [4.69, 9.17) is 5.14 Å². The number of halogens is 1. The highest BCUT2D eigenvalue weighted by atomic mass is 32.2. The highest BCUT2D eigenvalue weighted by Crippen LogP contribution is 2.18. The van der Waals surface area contributed by atoms with Crippen LogP contribution in [0.1, 0.15) is 39.0 Å². The third-order valence-electron chi connectivity index (χ3n) is 2.78. The molecule has 0 heterocycles. The average Bonchev–Trinajstić information content (AvgIpc) is 2.33. The molecule has 7 heteroatoms. The molecule has 0 aliphatic rings. The maximum Gasteiger partial charge on any atom is 0.240 e. The summed E-state index contributed by atoms with van der Waals surface area (Å²) >= 11 is 0. The summed E-state index contributed by atoms with van der Waals surface area (Å²) in [5, 5.41) is 7.37. The van der Waals surface area contributed by atoms with Crippen molar-refractivity contribution in [3.05, 3.63) is 24.0 Å². The van der Waals surface area contributed by atoms with Crippen molar-refractivity contribution in [1.29, 1.82) is 0 Å². The van der Waals surface area contributed by atoms with Crippen molar-refractivity contribution in [3.63, 3.8) is 0 Å². The SMILES string of the molecule is CCCCCCC(=O)Nc1ccc(S(N)(=O)=O)c(F)c1. The second-order valence-electron chi connectivity index (χ2n) is 4.55. The van der Waals surface area contributed by atoms with E-state index in [0.29, 0.717) is 6.42 Å². The molecule has 0 spiro atoms. The number of nitrogens with two attached hydrogens (primary N) is 1. The van der Waals surface area contributed by atoms with Gasteiger partial charge in [-0.2, -0.15) is 0 Å². The number of anilines is 1. The molecule has 1 rings (SSSR count). The maximum absolute atomic E-state index is 13.5. The Kier molecular flexibility index (Phi) is 6.09. The van der Waals surface area contributed by atoms with Gasteiger partial charge in [0.1, 0.15) is 10.7 Å². The van der Waals surface area contributed by atoms with E-state index in [1.165, 1.54) is 6.07 Å². The van der Waals surface area contributed by atoms with E-state index in [2.05, 4.69) is 12.2 Å². The van der Waals surface area contributed by atoms with Crippen molar-refractivity contribution in [2.24, 2.45) is 5.14 Å². The Balaban J connectivity index is 2.61. The number of benzene rings is 1. The van der Waals surface area contributed by atoms with Gasteiger partial charge in [0.15, 0.2) is 0 Å². The molecular weight excluding hydrogens is 283 g/mol. The maximum atomic E-state index is 13.5. The van der Waals surface area contributed by atoms with E-state index in [0.717, 1.165) is 37.8 Å². The van der Waals surface area contributed by atoms with Crippen LogP contribution in [0, 0.1) is 5.82 Å². The summed E-state index contributed by atoms with van der Waals surface area (Å²) in [6.07, 6.45) is 4.27. The smallest absolute Gasteiger partial charge is 0.240 e. The Bertz CT molecular complexity index is 573. The van der Waals surface area contributed by atoms with Crippen LogP contribution in [0.15, 0.2) is 23.1 Å². The topological polar surface area (TPSA) is 89.3 Å². The Labute approximate surface area is 118 Å². The quantitative estimate of drug-likeness (QED) is 0.758. The number of sulfonamides is 1. The first-order valence-corrected chi connectivity index (χ1v) is 8.01. The number of hydrogen-bond acceptors (Lipinski definition) is 3. The number of nitrogens with one attached hydrogen (secondary N) is 1. The molecule has 0 saturated heterocycles. The molecule has 1 amide bonds. The van der Waals surface area contributed by atoms with Crippen molar-refractivity contribution in [2.75, 3.05) is 5.32 Å². The van der Waals surface area contributed by atoms with E-state index in [1.54, 1.807) is 0 Å². The van der Waals surface area contributed by atoms with Crippen LogP contribution in [0.5, 0.6) is 0 Å². The van der Waals surface area contributed by atoms with Gasteiger partial charge in [0, 0.05) is 12.1 Å². The Morgan fingerprint density at radius 1 is 1.30 bits per heavy atom. The lowest BCUT2D eigenvalue weighted by atomic mass is 10.1. The molecule has 3 N–H and O–H groups in total. The second kappa shape index (κ2) is 7.35. The van der Waals surface area contributed by atoms with Crippen molar-refractivity contribution in [2.45, 2.75) is 43.9 Å². The van der Waals surface area contributed by atoms with Crippen LogP contribution in [0.25, 0.3) is 0 Å². The number of carbonyl (C=O) groups excluding carboxylic acids is 1. The largest absolute Gasteiger partial charge is 0.326 e. The number of unbranched alkanes of at least 4 members (excludes halogenated alkanes) is 3. The standard InChI is InChI=1S/C13H19FN2O3S/c1-2-3-4-5-6-13(17)16-10-7-8-12(11(14)9-10)20(15,18)19/h7-9H,2-6H2,1H3,(H,16,17)(H2,15,18,19). The zero-order valence-electron chi connectivity index (χ0n) is 11.4. The van der Waals surface area contributed by atoms with Crippen LogP contribution >= 0.6 is 0 Å². The lowest BCUT2D eigenvalue weighted by Crippen LogP contribution is -2.15. The lowest BCUT2D eigenvalue weighted by Gasteiger charge is -2.07. The van der Waals surface area contributed by atoms with Gasteiger partial charge in [-0.05, 0) is 24.6 Å². The summed E-state index contributed by atoms with van der Waals surface area (Å²) in [5.74, 6) is -1.19. The molecule has 0 aliphatic carbocycles. The summed E-state index contributed by atoms with van der Waals surface area (Å²) in [6, 6.07) is 3.30. The fraction of sp³-hybridized carbons (Fsp3) is 0.462. The van der Waals surface area contributed by atoms with Crippen molar-refractivity contribution in [3.8, 4) is 0 Å². The molecule has 5 nitrogen and oxygen atoms in total. The van der Waals surface area contributed by atoms with Gasteiger partial charge in [-0.3, -0.25) is 4.79 Å². The van der Waals surface area contributed by atoms with Gasteiger partial charge >= 0.3 is 0 Å². The zero-order valence-corrected chi connectivity index (χ0v) is 12.2. The summed E-state index contributed by atoms with van der Waals surface area (Å²) in [6.45, 7) is 2.08. The molecule has 20 heavy (non-hydrogen) atoms. The zero-order chi connectivity index (χ0) is 15.2. The number of primary sulfonamides is 1. The molecule has 1 aromatic carbocycles. The Morgan fingerprint density at radius 2 is 2.00 bits per heavy atom. The first kappa shape index (κ1) is 16.6. The Morgan fingerprint density at radius 3 is 2.55 bits per heavy atom. The average molecular weight is 302 g/mol. The molecule has 0 aliphatic heterocycles. The van der Waals surface area contributed by atoms with Crippen LogP contribution in [-0.4, -0.2) is 14.3 Å². The molecule has 0 atom stereocenters. The van der Waals surface area contributed by atoms with Crippen LogP contribution in [-0.2, 0) is 14.8 Å². The number of rotatable bonds is 7. The Hall–Kier alpha value is -1.47. The van der Waals surface area contributed by atoms with Crippen LogP contribution in [0.4, 0.5) is 10.1 Å². The fourth-order valence-electron chi connectivity index (χ4n) is 1.75. The summed E-state index contributed by atoms with van der Waals surface area (Å²) in [4.78, 5) is 11.0. The molecule has 0 saturated carbocycles. The molecule has 0 radical (unpaired) electrons. The molecular formula is C13H19FN2O3S. The van der Waals surface area contributed by atoms with Gasteiger partial charge in [-0.15, -0.1) is 0 Å². The molecule has 0 bridgehead atoms. The molecule has 0 aromatic heterocycles. The fourth-order valence-corrected chi connectivity index (χ4v) is 2.33. The third-order valence-corrected chi connectivity index (χ3v) is 3.72. The molecule has 112 valence electrons. The number of amides is 1. The van der Waals surface area contributed by atoms with E-state index in [-0.39, 0.29) is 11.6 Å². The molecule has 0 unspecified atom stereocenters.